The molecule has 0 aliphatic carbocycles. The highest BCUT2D eigenvalue weighted by Crippen LogP contribution is 2.37. The molecule has 0 amide bonds. The monoisotopic (exact) mass is 359 g/mol. The Morgan fingerprint density at radius 1 is 0.960 bits per heavy atom. The van der Waals surface area contributed by atoms with Crippen molar-refractivity contribution in [3.8, 4) is 11.5 Å². The fourth-order valence-corrected chi connectivity index (χ4v) is 2.96. The minimum atomic E-state index is -0.452. The van der Waals surface area contributed by atoms with E-state index in [1.165, 1.54) is 11.6 Å². The Bertz CT molecular complexity index is 945. The summed E-state index contributed by atoms with van der Waals surface area (Å²) in [5.74, 6) is 0.000358. The molecule has 2 nitrogen and oxygen atoms in total. The summed E-state index contributed by atoms with van der Waals surface area (Å²) in [6, 6.07) is 8.78. The summed E-state index contributed by atoms with van der Waals surface area (Å²) >= 11 is 5.91. The largest absolute Gasteiger partial charge is 0.436 e. The van der Waals surface area contributed by atoms with Crippen molar-refractivity contribution < 1.29 is 8.81 Å². The van der Waals surface area contributed by atoms with E-state index in [0.717, 1.165) is 16.7 Å². The average molecular weight is 360 g/mol. The molecular weight excluding hydrogens is 337 g/mol. The van der Waals surface area contributed by atoms with Crippen LogP contribution in [0.1, 0.15) is 52.7 Å². The van der Waals surface area contributed by atoms with Crippen LogP contribution in [0, 0.1) is 5.82 Å². The quantitative estimate of drug-likeness (QED) is 0.473. The van der Waals surface area contributed by atoms with Crippen molar-refractivity contribution in [3.05, 3.63) is 52.3 Å². The highest BCUT2D eigenvalue weighted by atomic mass is 35.5. The summed E-state index contributed by atoms with van der Waals surface area (Å²) in [7, 11) is 0. The second-order valence-corrected chi connectivity index (χ2v) is 8.93. The lowest BCUT2D eigenvalue weighted by Gasteiger charge is -2.24. The van der Waals surface area contributed by atoms with Gasteiger partial charge in [0.05, 0.1) is 5.02 Å². The predicted molar refractivity (Wildman–Crippen MR) is 102 cm³/mol. The molecule has 3 rings (SSSR count). The predicted octanol–water partition coefficient (Wildman–Crippen LogP) is 6.88. The number of hydrogen-bond acceptors (Lipinski definition) is 2. The molecule has 4 heteroatoms. The number of aromatic nitrogens is 1. The minimum Gasteiger partial charge on any atom is -0.436 e. The van der Waals surface area contributed by atoms with E-state index >= 15 is 0 Å². The van der Waals surface area contributed by atoms with Gasteiger partial charge in [0, 0.05) is 11.1 Å². The van der Waals surface area contributed by atoms with Gasteiger partial charge < -0.3 is 4.42 Å². The standard InChI is InChI=1S/C21H23ClFNO/c1-20(2,3)13-10-14(21(4,5)6)18-17(11-13)24-19(25-18)12-7-8-16(23)15(22)9-12/h7-11H,1-6H3. The lowest BCUT2D eigenvalue weighted by atomic mass is 9.80. The van der Waals surface area contributed by atoms with E-state index in [4.69, 9.17) is 16.0 Å². The second kappa shape index (κ2) is 5.84. The number of benzene rings is 2. The maximum absolute atomic E-state index is 13.4. The van der Waals surface area contributed by atoms with Gasteiger partial charge in [-0.2, -0.15) is 0 Å². The summed E-state index contributed by atoms with van der Waals surface area (Å²) in [6.07, 6.45) is 0. The molecule has 1 aromatic heterocycles. The van der Waals surface area contributed by atoms with E-state index in [0.29, 0.717) is 11.5 Å². The first-order valence-electron chi connectivity index (χ1n) is 8.38. The van der Waals surface area contributed by atoms with Crippen LogP contribution >= 0.6 is 11.6 Å². The molecule has 0 bridgehead atoms. The van der Waals surface area contributed by atoms with Crippen molar-refractivity contribution in [2.45, 2.75) is 52.4 Å². The number of oxazole rings is 1. The van der Waals surface area contributed by atoms with Gasteiger partial charge in [-0.3, -0.25) is 0 Å². The maximum Gasteiger partial charge on any atom is 0.227 e. The fourth-order valence-electron chi connectivity index (χ4n) is 2.78. The molecule has 2 aromatic carbocycles. The molecule has 0 saturated carbocycles. The normalized spacial score (nSPS) is 12.8. The van der Waals surface area contributed by atoms with Gasteiger partial charge in [-0.25, -0.2) is 9.37 Å². The van der Waals surface area contributed by atoms with Crippen molar-refractivity contribution in [1.82, 2.24) is 4.98 Å². The lowest BCUT2D eigenvalue weighted by Crippen LogP contribution is -2.16. The Hall–Kier alpha value is -1.87. The maximum atomic E-state index is 13.4. The molecule has 0 spiro atoms. The van der Waals surface area contributed by atoms with Crippen molar-refractivity contribution in [2.75, 3.05) is 0 Å². The Morgan fingerprint density at radius 2 is 1.64 bits per heavy atom. The third-order valence-electron chi connectivity index (χ3n) is 4.33. The number of nitrogens with zero attached hydrogens (tertiary/aromatic N) is 1. The van der Waals surface area contributed by atoms with Crippen LogP contribution < -0.4 is 0 Å². The third kappa shape index (κ3) is 3.43. The first kappa shape index (κ1) is 17.9. The van der Waals surface area contributed by atoms with Crippen molar-refractivity contribution in [1.29, 1.82) is 0 Å². The molecule has 3 aromatic rings. The molecule has 0 atom stereocenters. The van der Waals surface area contributed by atoms with Crippen LogP contribution in [0.5, 0.6) is 0 Å². The van der Waals surface area contributed by atoms with E-state index in [2.05, 4.69) is 58.7 Å². The van der Waals surface area contributed by atoms with Gasteiger partial charge in [-0.05, 0) is 40.7 Å². The number of fused-ring (bicyclic) bond motifs is 1. The van der Waals surface area contributed by atoms with Crippen LogP contribution in [0.15, 0.2) is 34.7 Å². The van der Waals surface area contributed by atoms with E-state index < -0.39 is 5.82 Å². The van der Waals surface area contributed by atoms with Crippen LogP contribution in [-0.2, 0) is 10.8 Å². The highest BCUT2D eigenvalue weighted by Gasteiger charge is 2.25. The van der Waals surface area contributed by atoms with Crippen LogP contribution in [0.2, 0.25) is 5.02 Å². The Morgan fingerprint density at radius 3 is 2.20 bits per heavy atom. The third-order valence-corrected chi connectivity index (χ3v) is 4.62. The Labute approximate surface area is 153 Å². The van der Waals surface area contributed by atoms with Gasteiger partial charge in [0.1, 0.15) is 11.3 Å². The Balaban J connectivity index is 2.27. The van der Waals surface area contributed by atoms with Gasteiger partial charge in [0.15, 0.2) is 5.58 Å². The molecule has 1 heterocycles. The van der Waals surface area contributed by atoms with E-state index in [-0.39, 0.29) is 15.9 Å². The van der Waals surface area contributed by atoms with Crippen LogP contribution in [0.25, 0.3) is 22.6 Å². The van der Waals surface area contributed by atoms with Gasteiger partial charge in [0.2, 0.25) is 5.89 Å². The number of halogens is 2. The molecule has 0 N–H and O–H groups in total. The molecule has 132 valence electrons. The molecule has 0 unspecified atom stereocenters. The fraction of sp³-hybridized carbons (Fsp3) is 0.381. The van der Waals surface area contributed by atoms with Gasteiger partial charge in [-0.15, -0.1) is 0 Å². The lowest BCUT2D eigenvalue weighted by molar-refractivity contribution is 0.552. The molecule has 25 heavy (non-hydrogen) atoms. The highest BCUT2D eigenvalue weighted by molar-refractivity contribution is 6.31. The number of hydrogen-bond donors (Lipinski definition) is 0. The van der Waals surface area contributed by atoms with Gasteiger partial charge in [0.25, 0.3) is 0 Å². The van der Waals surface area contributed by atoms with Crippen LogP contribution in [0.4, 0.5) is 4.39 Å². The molecule has 0 aliphatic rings. The van der Waals surface area contributed by atoms with E-state index in [9.17, 15) is 4.39 Å². The summed E-state index contributed by atoms with van der Waals surface area (Å²) in [5.41, 5.74) is 4.50. The van der Waals surface area contributed by atoms with Crippen molar-refractivity contribution >= 4 is 22.7 Å². The average Bonchev–Trinajstić information content (AvgIpc) is 2.90. The first-order valence-corrected chi connectivity index (χ1v) is 8.75. The zero-order chi connectivity index (χ0) is 18.6. The smallest absolute Gasteiger partial charge is 0.227 e. The zero-order valence-electron chi connectivity index (χ0n) is 15.5. The van der Waals surface area contributed by atoms with E-state index in [1.807, 2.05) is 0 Å². The Kier molecular flexibility index (Phi) is 4.19. The van der Waals surface area contributed by atoms with Gasteiger partial charge >= 0.3 is 0 Å². The second-order valence-electron chi connectivity index (χ2n) is 8.52. The topological polar surface area (TPSA) is 26.0 Å². The molecule has 0 fully saturated rings. The van der Waals surface area contributed by atoms with Gasteiger partial charge in [-0.1, -0.05) is 59.2 Å². The van der Waals surface area contributed by atoms with E-state index in [1.54, 1.807) is 12.1 Å². The minimum absolute atomic E-state index is 0.00644. The van der Waals surface area contributed by atoms with Crippen molar-refractivity contribution in [3.63, 3.8) is 0 Å². The van der Waals surface area contributed by atoms with Crippen LogP contribution in [-0.4, -0.2) is 4.98 Å². The first-order chi connectivity index (χ1) is 11.5. The summed E-state index contributed by atoms with van der Waals surface area (Å²) in [6.45, 7) is 13.0. The SMILES string of the molecule is CC(C)(C)c1cc(C(C)(C)C)c2oc(-c3ccc(F)c(Cl)c3)nc2c1. The zero-order valence-corrected chi connectivity index (χ0v) is 16.3. The molecule has 0 radical (unpaired) electrons. The van der Waals surface area contributed by atoms with Crippen molar-refractivity contribution in [2.24, 2.45) is 0 Å². The summed E-state index contributed by atoms with van der Waals surface area (Å²) in [4.78, 5) is 4.65. The summed E-state index contributed by atoms with van der Waals surface area (Å²) in [5, 5.41) is 0.0613. The number of rotatable bonds is 1. The van der Waals surface area contributed by atoms with Crippen LogP contribution in [0.3, 0.4) is 0 Å². The molecular formula is C21H23ClFNO. The summed E-state index contributed by atoms with van der Waals surface area (Å²) < 4.78 is 19.5. The molecule has 0 aliphatic heterocycles. The molecule has 0 saturated heterocycles.